The first kappa shape index (κ1) is 14.7. The van der Waals surface area contributed by atoms with Crippen molar-refractivity contribution < 1.29 is 14.6 Å². The van der Waals surface area contributed by atoms with Gasteiger partial charge in [-0.15, -0.1) is 0 Å². The minimum absolute atomic E-state index is 0.131. The fraction of sp³-hybridized carbons (Fsp3) is 0.667. The number of likely N-dealkylation sites (N-methyl/N-ethyl adjacent to an activating group) is 1. The molecule has 0 spiro atoms. The Morgan fingerprint density at radius 2 is 2.17 bits per heavy atom. The van der Waals surface area contributed by atoms with Crippen LogP contribution >= 0.6 is 0 Å². The van der Waals surface area contributed by atoms with Crippen LogP contribution in [-0.4, -0.2) is 59.1 Å². The standard InChI is InChI=1S/C12H21N3O3/c1-8-11(9(2)15(4)13-8)12(17)14(3)6-10(16)7-18-5/h10,16H,6-7H2,1-5H3. The number of aliphatic hydroxyl groups is 1. The molecule has 6 nitrogen and oxygen atoms in total. The van der Waals surface area contributed by atoms with E-state index in [4.69, 9.17) is 4.74 Å². The summed E-state index contributed by atoms with van der Waals surface area (Å²) in [5.74, 6) is -0.131. The lowest BCUT2D eigenvalue weighted by Gasteiger charge is -2.20. The van der Waals surface area contributed by atoms with E-state index in [0.717, 1.165) is 5.69 Å². The van der Waals surface area contributed by atoms with Crippen LogP contribution < -0.4 is 0 Å². The molecule has 18 heavy (non-hydrogen) atoms. The maximum absolute atomic E-state index is 12.3. The van der Waals surface area contributed by atoms with E-state index in [1.807, 2.05) is 6.92 Å². The predicted octanol–water partition coefficient (Wildman–Crippen LogP) is 0.116. The highest BCUT2D eigenvalue weighted by atomic mass is 16.5. The molecule has 102 valence electrons. The van der Waals surface area contributed by atoms with Gasteiger partial charge < -0.3 is 14.7 Å². The number of hydrogen-bond acceptors (Lipinski definition) is 4. The molecule has 1 heterocycles. The number of amides is 1. The normalized spacial score (nSPS) is 12.6. The number of hydrogen-bond donors (Lipinski definition) is 1. The molecular weight excluding hydrogens is 234 g/mol. The van der Waals surface area contributed by atoms with Gasteiger partial charge in [-0.25, -0.2) is 0 Å². The molecule has 1 amide bonds. The van der Waals surface area contributed by atoms with Crippen molar-refractivity contribution in [3.8, 4) is 0 Å². The number of aryl methyl sites for hydroxylation is 2. The molecule has 6 heteroatoms. The lowest BCUT2D eigenvalue weighted by Crippen LogP contribution is -2.36. The molecule has 0 bridgehead atoms. The second-order valence-electron chi connectivity index (χ2n) is 4.46. The average molecular weight is 255 g/mol. The molecule has 1 N–H and O–H groups in total. The third-order valence-electron chi connectivity index (χ3n) is 2.91. The van der Waals surface area contributed by atoms with Crippen LogP contribution in [0.5, 0.6) is 0 Å². The molecule has 0 saturated carbocycles. The van der Waals surface area contributed by atoms with Gasteiger partial charge in [-0.1, -0.05) is 0 Å². The Bertz CT molecular complexity index is 428. The lowest BCUT2D eigenvalue weighted by atomic mass is 10.1. The molecule has 1 aromatic rings. The van der Waals surface area contributed by atoms with Crippen molar-refractivity contribution in [2.75, 3.05) is 27.3 Å². The summed E-state index contributed by atoms with van der Waals surface area (Å²) < 4.78 is 6.52. The Morgan fingerprint density at radius 3 is 2.61 bits per heavy atom. The highest BCUT2D eigenvalue weighted by Crippen LogP contribution is 2.14. The average Bonchev–Trinajstić information content (AvgIpc) is 2.52. The number of aromatic nitrogens is 2. The Labute approximate surface area is 107 Å². The van der Waals surface area contributed by atoms with E-state index in [1.165, 1.54) is 12.0 Å². The first-order valence-corrected chi connectivity index (χ1v) is 5.81. The number of rotatable bonds is 5. The van der Waals surface area contributed by atoms with Crippen LogP contribution in [-0.2, 0) is 11.8 Å². The van der Waals surface area contributed by atoms with Gasteiger partial charge in [-0.3, -0.25) is 9.48 Å². The van der Waals surface area contributed by atoms with E-state index in [-0.39, 0.29) is 19.1 Å². The van der Waals surface area contributed by atoms with E-state index in [2.05, 4.69) is 5.10 Å². The van der Waals surface area contributed by atoms with Crippen molar-refractivity contribution in [1.82, 2.24) is 14.7 Å². The number of aliphatic hydroxyl groups excluding tert-OH is 1. The van der Waals surface area contributed by atoms with Crippen LogP contribution in [0.25, 0.3) is 0 Å². The lowest BCUT2D eigenvalue weighted by molar-refractivity contribution is 0.0379. The second kappa shape index (κ2) is 5.97. The van der Waals surface area contributed by atoms with Crippen LogP contribution in [0.3, 0.4) is 0 Å². The Morgan fingerprint density at radius 1 is 1.56 bits per heavy atom. The molecule has 1 aromatic heterocycles. The van der Waals surface area contributed by atoms with Crippen molar-refractivity contribution in [3.05, 3.63) is 17.0 Å². The van der Waals surface area contributed by atoms with Crippen LogP contribution in [0.4, 0.5) is 0 Å². The SMILES string of the molecule is COCC(O)CN(C)C(=O)c1c(C)nn(C)c1C. The predicted molar refractivity (Wildman–Crippen MR) is 67.5 cm³/mol. The smallest absolute Gasteiger partial charge is 0.257 e. The van der Waals surface area contributed by atoms with Gasteiger partial charge in [-0.05, 0) is 13.8 Å². The van der Waals surface area contributed by atoms with Gasteiger partial charge in [0.1, 0.15) is 0 Å². The van der Waals surface area contributed by atoms with Crippen molar-refractivity contribution in [2.24, 2.45) is 7.05 Å². The van der Waals surface area contributed by atoms with Crippen LogP contribution in [0, 0.1) is 13.8 Å². The zero-order valence-corrected chi connectivity index (χ0v) is 11.6. The van der Waals surface area contributed by atoms with Gasteiger partial charge in [0.25, 0.3) is 5.91 Å². The monoisotopic (exact) mass is 255 g/mol. The van der Waals surface area contributed by atoms with Gasteiger partial charge in [0.15, 0.2) is 0 Å². The maximum atomic E-state index is 12.3. The van der Waals surface area contributed by atoms with E-state index in [0.29, 0.717) is 11.3 Å². The Balaban J connectivity index is 2.80. The molecule has 0 saturated heterocycles. The molecule has 0 radical (unpaired) electrons. The summed E-state index contributed by atoms with van der Waals surface area (Å²) in [4.78, 5) is 13.7. The largest absolute Gasteiger partial charge is 0.389 e. The van der Waals surface area contributed by atoms with Crippen molar-refractivity contribution >= 4 is 5.91 Å². The minimum atomic E-state index is -0.679. The summed E-state index contributed by atoms with van der Waals surface area (Å²) in [6.07, 6.45) is -0.679. The van der Waals surface area contributed by atoms with Crippen LogP contribution in [0.15, 0.2) is 0 Å². The molecule has 0 aliphatic rings. The highest BCUT2D eigenvalue weighted by molar-refractivity contribution is 5.96. The summed E-state index contributed by atoms with van der Waals surface area (Å²) in [5.41, 5.74) is 2.13. The molecule has 1 atom stereocenters. The number of nitrogens with zero attached hydrogens (tertiary/aromatic N) is 3. The summed E-state index contributed by atoms with van der Waals surface area (Å²) in [5, 5.41) is 13.8. The topological polar surface area (TPSA) is 67.6 Å². The molecule has 1 rings (SSSR count). The third-order valence-corrected chi connectivity index (χ3v) is 2.91. The third kappa shape index (κ3) is 3.08. The van der Waals surface area contributed by atoms with Crippen molar-refractivity contribution in [1.29, 1.82) is 0 Å². The maximum Gasteiger partial charge on any atom is 0.257 e. The zero-order valence-electron chi connectivity index (χ0n) is 11.6. The number of carbonyl (C=O) groups excluding carboxylic acids is 1. The summed E-state index contributed by atoms with van der Waals surface area (Å²) in [6.45, 7) is 4.11. The fourth-order valence-electron chi connectivity index (χ4n) is 1.92. The van der Waals surface area contributed by atoms with Crippen LogP contribution in [0.2, 0.25) is 0 Å². The summed E-state index contributed by atoms with van der Waals surface area (Å²) in [7, 11) is 4.98. The molecule has 0 aromatic carbocycles. The molecule has 1 unspecified atom stereocenters. The Kier molecular flexibility index (Phi) is 4.86. The van der Waals surface area contributed by atoms with Gasteiger partial charge in [-0.2, -0.15) is 5.10 Å². The van der Waals surface area contributed by atoms with Crippen LogP contribution in [0.1, 0.15) is 21.7 Å². The molecule has 0 aliphatic heterocycles. The number of ether oxygens (including phenoxy) is 1. The van der Waals surface area contributed by atoms with E-state index in [9.17, 15) is 9.90 Å². The molecule has 0 aliphatic carbocycles. The van der Waals surface area contributed by atoms with E-state index < -0.39 is 6.10 Å². The zero-order chi connectivity index (χ0) is 13.9. The van der Waals surface area contributed by atoms with Gasteiger partial charge >= 0.3 is 0 Å². The first-order valence-electron chi connectivity index (χ1n) is 5.81. The highest BCUT2D eigenvalue weighted by Gasteiger charge is 2.22. The number of methoxy groups -OCH3 is 1. The molecule has 0 fully saturated rings. The second-order valence-corrected chi connectivity index (χ2v) is 4.46. The quantitative estimate of drug-likeness (QED) is 0.811. The van der Waals surface area contributed by atoms with Crippen molar-refractivity contribution in [2.45, 2.75) is 20.0 Å². The minimum Gasteiger partial charge on any atom is -0.389 e. The first-order chi connectivity index (χ1) is 8.38. The van der Waals surface area contributed by atoms with E-state index in [1.54, 1.807) is 25.7 Å². The molecular formula is C12H21N3O3. The van der Waals surface area contributed by atoms with Gasteiger partial charge in [0.05, 0.1) is 24.0 Å². The van der Waals surface area contributed by atoms with E-state index >= 15 is 0 Å². The fourth-order valence-corrected chi connectivity index (χ4v) is 1.92. The number of carbonyl (C=O) groups is 1. The van der Waals surface area contributed by atoms with Crippen molar-refractivity contribution in [3.63, 3.8) is 0 Å². The van der Waals surface area contributed by atoms with Gasteiger partial charge in [0, 0.05) is 33.4 Å². The Hall–Kier alpha value is -1.40. The summed E-state index contributed by atoms with van der Waals surface area (Å²) in [6, 6.07) is 0. The summed E-state index contributed by atoms with van der Waals surface area (Å²) >= 11 is 0. The van der Waals surface area contributed by atoms with Gasteiger partial charge in [0.2, 0.25) is 0 Å².